The zero-order valence-corrected chi connectivity index (χ0v) is 15.5. The molecular weight excluding hydrogens is 344 g/mol. The van der Waals surface area contributed by atoms with Crippen LogP contribution in [0.2, 0.25) is 0 Å². The van der Waals surface area contributed by atoms with E-state index in [9.17, 15) is 9.59 Å². The molecule has 0 saturated carbocycles. The Bertz CT molecular complexity index is 950. The van der Waals surface area contributed by atoms with Gasteiger partial charge in [0.25, 0.3) is 5.91 Å². The fourth-order valence-electron chi connectivity index (χ4n) is 2.87. The zero-order valence-electron chi connectivity index (χ0n) is 15.5. The minimum atomic E-state index is -0.674. The van der Waals surface area contributed by atoms with E-state index in [2.05, 4.69) is 20.3 Å². The number of hydrogen-bond donors (Lipinski definition) is 2. The van der Waals surface area contributed by atoms with E-state index >= 15 is 0 Å². The van der Waals surface area contributed by atoms with Crippen molar-refractivity contribution in [2.75, 3.05) is 7.11 Å². The van der Waals surface area contributed by atoms with Gasteiger partial charge in [0, 0.05) is 23.5 Å². The molecule has 0 spiro atoms. The first kappa shape index (κ1) is 18.6. The number of aromatic nitrogens is 3. The van der Waals surface area contributed by atoms with Crippen molar-refractivity contribution in [2.45, 2.75) is 26.3 Å². The van der Waals surface area contributed by atoms with Crippen molar-refractivity contribution in [3.63, 3.8) is 0 Å². The van der Waals surface area contributed by atoms with Crippen LogP contribution in [0.25, 0.3) is 22.4 Å². The van der Waals surface area contributed by atoms with Crippen LogP contribution in [-0.2, 0) is 9.53 Å². The highest BCUT2D eigenvalue weighted by Gasteiger charge is 2.23. The van der Waals surface area contributed by atoms with Crippen molar-refractivity contribution in [1.82, 2.24) is 20.3 Å². The number of pyridine rings is 1. The SMILES string of the molecule is COC(=O)C(CC(C)C)NC(=O)c1ccc2nc(-c3ccncc3)[nH]c2c1. The largest absolute Gasteiger partial charge is 0.467 e. The van der Waals surface area contributed by atoms with Gasteiger partial charge in [-0.25, -0.2) is 9.78 Å². The Hall–Kier alpha value is -3.22. The van der Waals surface area contributed by atoms with Crippen LogP contribution in [0.4, 0.5) is 0 Å². The minimum absolute atomic E-state index is 0.243. The summed E-state index contributed by atoms with van der Waals surface area (Å²) in [6.45, 7) is 3.97. The molecule has 2 aromatic heterocycles. The van der Waals surface area contributed by atoms with Crippen LogP contribution in [0.15, 0.2) is 42.7 Å². The van der Waals surface area contributed by atoms with Crippen molar-refractivity contribution in [3.8, 4) is 11.4 Å². The van der Waals surface area contributed by atoms with Gasteiger partial charge in [-0.2, -0.15) is 0 Å². The normalized spacial score (nSPS) is 12.1. The number of esters is 1. The predicted octanol–water partition coefficient (Wildman–Crippen LogP) is 2.94. The lowest BCUT2D eigenvalue weighted by Gasteiger charge is -2.18. The summed E-state index contributed by atoms with van der Waals surface area (Å²) in [4.78, 5) is 36.3. The van der Waals surface area contributed by atoms with Gasteiger partial charge in [-0.3, -0.25) is 9.78 Å². The Morgan fingerprint density at radius 3 is 2.59 bits per heavy atom. The van der Waals surface area contributed by atoms with Gasteiger partial charge < -0.3 is 15.0 Å². The van der Waals surface area contributed by atoms with E-state index < -0.39 is 12.0 Å². The van der Waals surface area contributed by atoms with Crippen LogP contribution >= 0.6 is 0 Å². The van der Waals surface area contributed by atoms with E-state index in [0.29, 0.717) is 17.8 Å². The summed E-state index contributed by atoms with van der Waals surface area (Å²) < 4.78 is 4.80. The number of benzene rings is 1. The third kappa shape index (κ3) is 4.31. The summed E-state index contributed by atoms with van der Waals surface area (Å²) in [6, 6.07) is 8.24. The first-order valence-corrected chi connectivity index (χ1v) is 8.76. The number of hydrogen-bond acceptors (Lipinski definition) is 5. The molecule has 1 amide bonds. The highest BCUT2D eigenvalue weighted by molar-refractivity contribution is 5.99. The molecule has 0 bridgehead atoms. The van der Waals surface area contributed by atoms with Gasteiger partial charge in [-0.15, -0.1) is 0 Å². The first-order valence-electron chi connectivity index (χ1n) is 8.76. The standard InChI is InChI=1S/C20H22N4O3/c1-12(2)10-17(20(26)27-3)24-19(25)14-4-5-15-16(11-14)23-18(22-15)13-6-8-21-9-7-13/h4-9,11-12,17H,10H2,1-3H3,(H,22,23)(H,24,25). The van der Waals surface area contributed by atoms with Crippen LogP contribution in [0.3, 0.4) is 0 Å². The topological polar surface area (TPSA) is 97.0 Å². The summed E-state index contributed by atoms with van der Waals surface area (Å²) in [6.07, 6.45) is 3.91. The van der Waals surface area contributed by atoms with Crippen molar-refractivity contribution in [1.29, 1.82) is 0 Å². The van der Waals surface area contributed by atoms with E-state index in [0.717, 1.165) is 16.6 Å². The lowest BCUT2D eigenvalue weighted by Crippen LogP contribution is -2.42. The van der Waals surface area contributed by atoms with Crippen molar-refractivity contribution in [3.05, 3.63) is 48.3 Å². The molecule has 1 atom stereocenters. The van der Waals surface area contributed by atoms with Crippen molar-refractivity contribution in [2.24, 2.45) is 5.92 Å². The highest BCUT2D eigenvalue weighted by atomic mass is 16.5. The molecule has 1 aromatic carbocycles. The fourth-order valence-corrected chi connectivity index (χ4v) is 2.87. The van der Waals surface area contributed by atoms with Gasteiger partial charge >= 0.3 is 5.97 Å². The molecule has 0 aliphatic heterocycles. The Morgan fingerprint density at radius 1 is 1.19 bits per heavy atom. The quantitative estimate of drug-likeness (QED) is 0.654. The van der Waals surface area contributed by atoms with Crippen molar-refractivity contribution >= 4 is 22.9 Å². The number of carbonyl (C=O) groups excluding carboxylic acids is 2. The number of methoxy groups -OCH3 is 1. The number of aromatic amines is 1. The number of carbonyl (C=O) groups is 2. The molecule has 2 N–H and O–H groups in total. The maximum atomic E-state index is 12.6. The number of rotatable bonds is 6. The highest BCUT2D eigenvalue weighted by Crippen LogP contribution is 2.21. The van der Waals surface area contributed by atoms with Crippen LogP contribution in [-0.4, -0.2) is 40.0 Å². The Kier molecular flexibility index (Phi) is 5.49. The van der Waals surface area contributed by atoms with E-state index in [-0.39, 0.29) is 11.8 Å². The van der Waals surface area contributed by atoms with E-state index in [1.54, 1.807) is 30.6 Å². The van der Waals surface area contributed by atoms with Gasteiger partial charge in [0.2, 0.25) is 0 Å². The molecular formula is C20H22N4O3. The number of H-pyrrole nitrogens is 1. The maximum absolute atomic E-state index is 12.6. The summed E-state index contributed by atoms with van der Waals surface area (Å²) in [5.41, 5.74) is 2.86. The third-order valence-electron chi connectivity index (χ3n) is 4.20. The van der Waals surface area contributed by atoms with Gasteiger partial charge in [-0.05, 0) is 42.7 Å². The second kappa shape index (κ2) is 7.99. The minimum Gasteiger partial charge on any atom is -0.467 e. The molecule has 0 radical (unpaired) electrons. The average molecular weight is 366 g/mol. The molecule has 3 aromatic rings. The second-order valence-corrected chi connectivity index (χ2v) is 6.73. The molecule has 0 aliphatic carbocycles. The van der Waals surface area contributed by atoms with Gasteiger partial charge in [0.05, 0.1) is 18.1 Å². The molecule has 140 valence electrons. The molecule has 0 saturated heterocycles. The summed E-state index contributed by atoms with van der Waals surface area (Å²) in [7, 11) is 1.32. The van der Waals surface area contributed by atoms with Gasteiger partial charge in [0.15, 0.2) is 0 Å². The molecule has 3 rings (SSSR count). The fraction of sp³-hybridized carbons (Fsp3) is 0.300. The first-order chi connectivity index (χ1) is 13.0. The Labute approximate surface area is 157 Å². The van der Waals surface area contributed by atoms with Crippen LogP contribution < -0.4 is 5.32 Å². The number of fused-ring (bicyclic) bond motifs is 1. The molecule has 27 heavy (non-hydrogen) atoms. The number of ether oxygens (including phenoxy) is 1. The number of nitrogens with zero attached hydrogens (tertiary/aromatic N) is 2. The second-order valence-electron chi connectivity index (χ2n) is 6.73. The number of imidazole rings is 1. The lowest BCUT2D eigenvalue weighted by atomic mass is 10.0. The smallest absolute Gasteiger partial charge is 0.328 e. The molecule has 0 fully saturated rings. The molecule has 1 unspecified atom stereocenters. The molecule has 0 aliphatic rings. The van der Waals surface area contributed by atoms with Crippen molar-refractivity contribution < 1.29 is 14.3 Å². The van der Waals surface area contributed by atoms with Crippen LogP contribution in [0.1, 0.15) is 30.6 Å². The Balaban J connectivity index is 1.83. The van der Waals surface area contributed by atoms with Crippen LogP contribution in [0.5, 0.6) is 0 Å². The average Bonchev–Trinajstić information content (AvgIpc) is 3.10. The monoisotopic (exact) mass is 366 g/mol. The summed E-state index contributed by atoms with van der Waals surface area (Å²) >= 11 is 0. The van der Waals surface area contributed by atoms with Gasteiger partial charge in [0.1, 0.15) is 11.9 Å². The molecule has 7 heteroatoms. The zero-order chi connectivity index (χ0) is 19.4. The van der Waals surface area contributed by atoms with Crippen LogP contribution in [0, 0.1) is 5.92 Å². The van der Waals surface area contributed by atoms with E-state index in [4.69, 9.17) is 4.74 Å². The molecule has 2 heterocycles. The van der Waals surface area contributed by atoms with Gasteiger partial charge in [-0.1, -0.05) is 13.8 Å². The molecule has 7 nitrogen and oxygen atoms in total. The number of amides is 1. The van der Waals surface area contributed by atoms with E-state index in [1.165, 1.54) is 7.11 Å². The number of nitrogens with one attached hydrogen (secondary N) is 2. The predicted molar refractivity (Wildman–Crippen MR) is 102 cm³/mol. The van der Waals surface area contributed by atoms with E-state index in [1.807, 2.05) is 26.0 Å². The summed E-state index contributed by atoms with van der Waals surface area (Å²) in [5, 5.41) is 2.76. The lowest BCUT2D eigenvalue weighted by molar-refractivity contribution is -0.143. The Morgan fingerprint density at radius 2 is 1.93 bits per heavy atom. The maximum Gasteiger partial charge on any atom is 0.328 e. The summed E-state index contributed by atoms with van der Waals surface area (Å²) in [5.74, 6) is 0.178. The third-order valence-corrected chi connectivity index (χ3v) is 4.20.